The Morgan fingerprint density at radius 1 is 1.00 bits per heavy atom. The maximum atomic E-state index is 13.8. The largest absolute Gasteiger partial charge is 0.493 e. The molecule has 0 aliphatic carbocycles. The third-order valence-corrected chi connectivity index (χ3v) is 5.38. The first kappa shape index (κ1) is 24.0. The fourth-order valence-corrected chi connectivity index (χ4v) is 3.51. The van der Waals surface area contributed by atoms with Crippen LogP contribution in [0.5, 0.6) is 11.5 Å². The fourth-order valence-electron chi connectivity index (χ4n) is 2.73. The van der Waals surface area contributed by atoms with E-state index in [1.54, 1.807) is 17.5 Å². The minimum absolute atomic E-state index is 0.0666. The lowest BCUT2D eigenvalue weighted by Gasteiger charge is -2.15. The molecule has 1 heterocycles. The van der Waals surface area contributed by atoms with Gasteiger partial charge in [-0.05, 0) is 29.6 Å². The Hall–Kier alpha value is -3.63. The maximum absolute atomic E-state index is 13.8. The topological polar surface area (TPSA) is 103 Å². The van der Waals surface area contributed by atoms with Crippen LogP contribution in [0.1, 0.15) is 20.0 Å². The van der Waals surface area contributed by atoms with Crippen LogP contribution in [0.4, 0.5) is 15.8 Å². The summed E-state index contributed by atoms with van der Waals surface area (Å²) >= 11 is 6.91. The normalized spacial score (nSPS) is 10.3. The van der Waals surface area contributed by atoms with Crippen LogP contribution in [0.3, 0.4) is 0 Å². The van der Waals surface area contributed by atoms with Gasteiger partial charge in [-0.3, -0.25) is 9.59 Å². The zero-order valence-electron chi connectivity index (χ0n) is 17.4. The van der Waals surface area contributed by atoms with Gasteiger partial charge < -0.3 is 24.8 Å². The molecule has 0 saturated heterocycles. The fraction of sp³-hybridized carbons (Fsp3) is 0.136. The summed E-state index contributed by atoms with van der Waals surface area (Å²) in [6, 6.07) is 9.79. The summed E-state index contributed by atoms with van der Waals surface area (Å²) in [5.41, 5.74) is -0.0845. The number of anilines is 2. The minimum Gasteiger partial charge on any atom is -0.493 e. The molecular formula is C22H18ClFN2O6S. The van der Waals surface area contributed by atoms with Crippen LogP contribution in [0.15, 0.2) is 47.8 Å². The van der Waals surface area contributed by atoms with Crippen molar-refractivity contribution < 1.29 is 33.0 Å². The number of amides is 2. The molecule has 1 aromatic heterocycles. The molecule has 8 nitrogen and oxygen atoms in total. The number of hydrogen-bond donors (Lipinski definition) is 2. The SMILES string of the molecule is COc1cc(NC(=O)c2cccs2)c(C(=O)OCC(=O)Nc2ccc(Cl)cc2F)cc1OC. The number of benzene rings is 2. The standard InChI is InChI=1S/C22H18ClFN2O6S/c1-30-17-9-13(16(10-18(17)31-2)26-21(28)19-4-3-7-33-19)22(29)32-11-20(27)25-15-6-5-12(23)8-14(15)24/h3-10H,11H2,1-2H3,(H,25,27)(H,26,28). The smallest absolute Gasteiger partial charge is 0.340 e. The summed E-state index contributed by atoms with van der Waals surface area (Å²) in [7, 11) is 2.78. The van der Waals surface area contributed by atoms with E-state index in [9.17, 15) is 18.8 Å². The van der Waals surface area contributed by atoms with E-state index in [1.165, 1.54) is 49.8 Å². The Bertz CT molecular complexity index is 1190. The number of hydrogen-bond acceptors (Lipinski definition) is 7. The number of rotatable bonds is 8. The lowest BCUT2D eigenvalue weighted by molar-refractivity contribution is -0.119. The molecule has 3 rings (SSSR count). The lowest BCUT2D eigenvalue weighted by atomic mass is 10.1. The summed E-state index contributed by atoms with van der Waals surface area (Å²) < 4.78 is 29.4. The van der Waals surface area contributed by atoms with E-state index < -0.39 is 30.2 Å². The molecule has 0 bridgehead atoms. The number of methoxy groups -OCH3 is 2. The minimum atomic E-state index is -0.913. The van der Waals surface area contributed by atoms with Gasteiger partial charge in [-0.25, -0.2) is 9.18 Å². The average Bonchev–Trinajstić information content (AvgIpc) is 3.34. The van der Waals surface area contributed by atoms with Gasteiger partial charge >= 0.3 is 5.97 Å². The van der Waals surface area contributed by atoms with E-state index in [1.807, 2.05) is 0 Å². The number of halogens is 2. The second-order valence-corrected chi connectivity index (χ2v) is 7.82. The van der Waals surface area contributed by atoms with E-state index >= 15 is 0 Å². The second kappa shape index (κ2) is 10.8. The van der Waals surface area contributed by atoms with Crippen molar-refractivity contribution in [3.63, 3.8) is 0 Å². The predicted octanol–water partition coefficient (Wildman–Crippen LogP) is 4.61. The van der Waals surface area contributed by atoms with Gasteiger partial charge in [0.15, 0.2) is 18.1 Å². The molecule has 0 unspecified atom stereocenters. The van der Waals surface area contributed by atoms with Gasteiger partial charge in [0.2, 0.25) is 0 Å². The average molecular weight is 493 g/mol. The number of ether oxygens (including phenoxy) is 3. The number of carbonyl (C=O) groups excluding carboxylic acids is 3. The van der Waals surface area contributed by atoms with Crippen molar-refractivity contribution in [1.29, 1.82) is 0 Å². The molecule has 0 aliphatic heterocycles. The Morgan fingerprint density at radius 2 is 1.73 bits per heavy atom. The third kappa shape index (κ3) is 5.99. The van der Waals surface area contributed by atoms with Gasteiger partial charge in [-0.15, -0.1) is 11.3 Å². The van der Waals surface area contributed by atoms with Crippen molar-refractivity contribution in [2.45, 2.75) is 0 Å². The Balaban J connectivity index is 1.77. The molecule has 0 radical (unpaired) electrons. The summed E-state index contributed by atoms with van der Waals surface area (Å²) in [5.74, 6) is -2.38. The van der Waals surface area contributed by atoms with Crippen LogP contribution in [0, 0.1) is 5.82 Å². The maximum Gasteiger partial charge on any atom is 0.340 e. The van der Waals surface area contributed by atoms with E-state index in [2.05, 4.69) is 10.6 Å². The zero-order valence-corrected chi connectivity index (χ0v) is 19.0. The van der Waals surface area contributed by atoms with Crippen molar-refractivity contribution in [3.05, 3.63) is 69.1 Å². The highest BCUT2D eigenvalue weighted by Crippen LogP contribution is 2.34. The molecule has 172 valence electrons. The quantitative estimate of drug-likeness (QED) is 0.445. The van der Waals surface area contributed by atoms with E-state index in [0.717, 1.165) is 6.07 Å². The Kier molecular flexibility index (Phi) is 7.86. The first-order valence-corrected chi connectivity index (χ1v) is 10.6. The highest BCUT2D eigenvalue weighted by Gasteiger charge is 2.21. The van der Waals surface area contributed by atoms with Gasteiger partial charge in [0, 0.05) is 17.2 Å². The summed E-state index contributed by atoms with van der Waals surface area (Å²) in [6.45, 7) is -0.701. The molecule has 33 heavy (non-hydrogen) atoms. The van der Waals surface area contributed by atoms with Crippen LogP contribution < -0.4 is 20.1 Å². The van der Waals surface area contributed by atoms with Crippen molar-refractivity contribution in [2.24, 2.45) is 0 Å². The summed E-state index contributed by atoms with van der Waals surface area (Å²) in [4.78, 5) is 37.8. The van der Waals surface area contributed by atoms with Gasteiger partial charge in [-0.2, -0.15) is 0 Å². The zero-order chi connectivity index (χ0) is 24.0. The van der Waals surface area contributed by atoms with Crippen molar-refractivity contribution in [2.75, 3.05) is 31.5 Å². The molecule has 11 heteroatoms. The molecule has 2 amide bonds. The number of thiophene rings is 1. The Labute approximate surface area is 197 Å². The lowest BCUT2D eigenvalue weighted by Crippen LogP contribution is -2.22. The second-order valence-electron chi connectivity index (χ2n) is 6.43. The predicted molar refractivity (Wildman–Crippen MR) is 122 cm³/mol. The van der Waals surface area contributed by atoms with Crippen molar-refractivity contribution in [3.8, 4) is 11.5 Å². The first-order valence-electron chi connectivity index (χ1n) is 9.35. The van der Waals surface area contributed by atoms with Crippen molar-refractivity contribution >= 4 is 52.1 Å². The van der Waals surface area contributed by atoms with E-state index in [-0.39, 0.29) is 33.5 Å². The van der Waals surface area contributed by atoms with Crippen LogP contribution >= 0.6 is 22.9 Å². The monoisotopic (exact) mass is 492 g/mol. The van der Waals surface area contributed by atoms with Crippen molar-refractivity contribution in [1.82, 2.24) is 0 Å². The first-order chi connectivity index (χ1) is 15.8. The molecule has 0 spiro atoms. The molecular weight excluding hydrogens is 475 g/mol. The number of nitrogens with one attached hydrogen (secondary N) is 2. The molecule has 0 fully saturated rings. The highest BCUT2D eigenvalue weighted by molar-refractivity contribution is 7.12. The van der Waals surface area contributed by atoms with Crippen LogP contribution in [0.2, 0.25) is 5.02 Å². The third-order valence-electron chi connectivity index (χ3n) is 4.28. The van der Waals surface area contributed by atoms with Crippen LogP contribution in [-0.2, 0) is 9.53 Å². The summed E-state index contributed by atoms with van der Waals surface area (Å²) in [5, 5.41) is 6.83. The molecule has 0 saturated carbocycles. The number of carbonyl (C=O) groups is 3. The molecule has 0 atom stereocenters. The molecule has 2 N–H and O–H groups in total. The summed E-state index contributed by atoms with van der Waals surface area (Å²) in [6.07, 6.45) is 0. The molecule has 0 aliphatic rings. The number of esters is 1. The van der Waals surface area contributed by atoms with Gasteiger partial charge in [0.25, 0.3) is 11.8 Å². The molecule has 3 aromatic rings. The Morgan fingerprint density at radius 3 is 2.36 bits per heavy atom. The van der Waals surface area contributed by atoms with Gasteiger partial charge in [0.05, 0.1) is 36.0 Å². The van der Waals surface area contributed by atoms with Crippen LogP contribution in [-0.4, -0.2) is 38.6 Å². The molecule has 2 aromatic carbocycles. The van der Waals surface area contributed by atoms with E-state index in [0.29, 0.717) is 4.88 Å². The van der Waals surface area contributed by atoms with E-state index in [4.69, 9.17) is 25.8 Å². The highest BCUT2D eigenvalue weighted by atomic mass is 35.5. The van der Waals surface area contributed by atoms with Gasteiger partial charge in [0.1, 0.15) is 5.82 Å². The van der Waals surface area contributed by atoms with Gasteiger partial charge in [-0.1, -0.05) is 17.7 Å². The van der Waals surface area contributed by atoms with Crippen LogP contribution in [0.25, 0.3) is 0 Å².